The zero-order valence-corrected chi connectivity index (χ0v) is 13.6. The van der Waals surface area contributed by atoms with E-state index < -0.39 is 5.91 Å². The van der Waals surface area contributed by atoms with Crippen molar-refractivity contribution in [3.05, 3.63) is 70.3 Å². The van der Waals surface area contributed by atoms with Gasteiger partial charge in [-0.25, -0.2) is 0 Å². The van der Waals surface area contributed by atoms with Gasteiger partial charge in [0.1, 0.15) is 11.6 Å². The summed E-state index contributed by atoms with van der Waals surface area (Å²) in [5.74, 6) is -0.440. The Kier molecular flexibility index (Phi) is 4.26. The van der Waals surface area contributed by atoms with Crippen molar-refractivity contribution < 1.29 is 4.79 Å². The van der Waals surface area contributed by atoms with Crippen LogP contribution in [0.5, 0.6) is 0 Å². The Morgan fingerprint density at radius 1 is 1.17 bits per heavy atom. The molecule has 0 aliphatic rings. The predicted octanol–water partition coefficient (Wildman–Crippen LogP) is 4.48. The Balaban J connectivity index is 1.92. The first-order chi connectivity index (χ1) is 11.2. The molecule has 0 saturated carbocycles. The average molecular weight is 366 g/mol. The lowest BCUT2D eigenvalue weighted by Gasteiger charge is -2.06. The van der Waals surface area contributed by atoms with Crippen molar-refractivity contribution in [3.8, 4) is 6.07 Å². The second kappa shape index (κ2) is 6.51. The lowest BCUT2D eigenvalue weighted by atomic mass is 10.1. The number of nitrogens with one attached hydrogen (secondary N) is 2. The van der Waals surface area contributed by atoms with E-state index >= 15 is 0 Å². The van der Waals surface area contributed by atoms with Crippen LogP contribution in [0.1, 0.15) is 5.56 Å². The monoisotopic (exact) mass is 365 g/mol. The third kappa shape index (κ3) is 3.17. The first-order valence-corrected chi connectivity index (χ1v) is 7.72. The van der Waals surface area contributed by atoms with Crippen molar-refractivity contribution in [1.29, 1.82) is 5.26 Å². The topological polar surface area (TPSA) is 68.7 Å². The number of nitriles is 1. The zero-order chi connectivity index (χ0) is 16.2. The third-order valence-electron chi connectivity index (χ3n) is 3.41. The van der Waals surface area contributed by atoms with Gasteiger partial charge < -0.3 is 10.3 Å². The molecule has 0 saturated heterocycles. The Labute approximate surface area is 141 Å². The van der Waals surface area contributed by atoms with E-state index in [0.717, 1.165) is 20.9 Å². The van der Waals surface area contributed by atoms with E-state index in [4.69, 9.17) is 0 Å². The normalized spacial score (nSPS) is 11.2. The van der Waals surface area contributed by atoms with Crippen LogP contribution in [0.3, 0.4) is 0 Å². The van der Waals surface area contributed by atoms with Gasteiger partial charge in [-0.1, -0.05) is 30.3 Å². The van der Waals surface area contributed by atoms with Gasteiger partial charge in [0.25, 0.3) is 5.91 Å². The van der Waals surface area contributed by atoms with Gasteiger partial charge >= 0.3 is 0 Å². The SMILES string of the molecule is N#C/C(=C\c1c[nH]c2ccccc12)C(=O)Nc1ccccc1Br. The molecule has 5 heteroatoms. The van der Waals surface area contributed by atoms with E-state index in [0.29, 0.717) is 5.69 Å². The van der Waals surface area contributed by atoms with E-state index in [1.165, 1.54) is 0 Å². The minimum atomic E-state index is -0.440. The first kappa shape index (κ1) is 15.1. The quantitative estimate of drug-likeness (QED) is 0.530. The molecule has 0 fully saturated rings. The number of hydrogen-bond donors (Lipinski definition) is 2. The third-order valence-corrected chi connectivity index (χ3v) is 4.10. The van der Waals surface area contributed by atoms with Crippen molar-refractivity contribution >= 4 is 44.5 Å². The number of rotatable bonds is 3. The summed E-state index contributed by atoms with van der Waals surface area (Å²) in [5, 5.41) is 13.0. The molecule has 23 heavy (non-hydrogen) atoms. The molecular formula is C18H12BrN3O. The van der Waals surface area contributed by atoms with Gasteiger partial charge in [-0.05, 0) is 40.2 Å². The smallest absolute Gasteiger partial charge is 0.266 e. The molecule has 4 nitrogen and oxygen atoms in total. The Morgan fingerprint density at radius 2 is 1.91 bits per heavy atom. The average Bonchev–Trinajstić information content (AvgIpc) is 2.97. The van der Waals surface area contributed by atoms with Crippen molar-refractivity contribution in [2.45, 2.75) is 0 Å². The van der Waals surface area contributed by atoms with E-state index in [9.17, 15) is 10.1 Å². The second-order valence-corrected chi connectivity index (χ2v) is 5.75. The molecule has 2 N–H and O–H groups in total. The van der Waals surface area contributed by atoms with E-state index in [2.05, 4.69) is 26.2 Å². The van der Waals surface area contributed by atoms with Gasteiger partial charge in [-0.2, -0.15) is 5.26 Å². The summed E-state index contributed by atoms with van der Waals surface area (Å²) in [4.78, 5) is 15.4. The molecular weight excluding hydrogens is 354 g/mol. The minimum Gasteiger partial charge on any atom is -0.361 e. The fourth-order valence-electron chi connectivity index (χ4n) is 2.27. The number of benzene rings is 2. The molecule has 1 aromatic heterocycles. The number of anilines is 1. The summed E-state index contributed by atoms with van der Waals surface area (Å²) in [6.07, 6.45) is 3.37. The Hall–Kier alpha value is -2.84. The number of fused-ring (bicyclic) bond motifs is 1. The van der Waals surface area contributed by atoms with Crippen molar-refractivity contribution in [2.24, 2.45) is 0 Å². The molecule has 2 aromatic carbocycles. The summed E-state index contributed by atoms with van der Waals surface area (Å²) < 4.78 is 0.762. The summed E-state index contributed by atoms with van der Waals surface area (Å²) in [7, 11) is 0. The number of aromatic nitrogens is 1. The van der Waals surface area contributed by atoms with Crippen LogP contribution in [0.4, 0.5) is 5.69 Å². The van der Waals surface area contributed by atoms with Crippen molar-refractivity contribution in [3.63, 3.8) is 0 Å². The van der Waals surface area contributed by atoms with Gasteiger partial charge in [-0.15, -0.1) is 0 Å². The van der Waals surface area contributed by atoms with Crippen LogP contribution in [-0.4, -0.2) is 10.9 Å². The van der Waals surface area contributed by atoms with Crippen LogP contribution in [0, 0.1) is 11.3 Å². The van der Waals surface area contributed by atoms with Crippen LogP contribution >= 0.6 is 15.9 Å². The maximum atomic E-state index is 12.3. The molecule has 0 aliphatic heterocycles. The maximum absolute atomic E-state index is 12.3. The molecule has 1 amide bonds. The van der Waals surface area contributed by atoms with Gasteiger partial charge in [0.05, 0.1) is 5.69 Å². The minimum absolute atomic E-state index is 0.0468. The number of carbonyl (C=O) groups is 1. The molecule has 0 unspecified atom stereocenters. The number of amides is 1. The highest BCUT2D eigenvalue weighted by molar-refractivity contribution is 9.10. The molecule has 0 aliphatic carbocycles. The highest BCUT2D eigenvalue weighted by Crippen LogP contribution is 2.23. The molecule has 0 radical (unpaired) electrons. The molecule has 112 valence electrons. The number of para-hydroxylation sites is 2. The molecule has 3 aromatic rings. The molecule has 0 bridgehead atoms. The van der Waals surface area contributed by atoms with E-state index in [-0.39, 0.29) is 5.57 Å². The van der Waals surface area contributed by atoms with Crippen LogP contribution < -0.4 is 5.32 Å². The highest BCUT2D eigenvalue weighted by atomic mass is 79.9. The summed E-state index contributed by atoms with van der Waals surface area (Å²) in [5.41, 5.74) is 2.43. The van der Waals surface area contributed by atoms with Crippen LogP contribution in [0.15, 0.2) is 64.8 Å². The van der Waals surface area contributed by atoms with Gasteiger partial charge in [0, 0.05) is 27.1 Å². The van der Waals surface area contributed by atoms with Crippen LogP contribution in [0.2, 0.25) is 0 Å². The maximum Gasteiger partial charge on any atom is 0.266 e. The van der Waals surface area contributed by atoms with Crippen LogP contribution in [-0.2, 0) is 4.79 Å². The highest BCUT2D eigenvalue weighted by Gasteiger charge is 2.12. The van der Waals surface area contributed by atoms with Gasteiger partial charge in [0.2, 0.25) is 0 Å². The Morgan fingerprint density at radius 3 is 2.70 bits per heavy atom. The largest absolute Gasteiger partial charge is 0.361 e. The summed E-state index contributed by atoms with van der Waals surface area (Å²) in [6, 6.07) is 17.0. The number of H-pyrrole nitrogens is 1. The predicted molar refractivity (Wildman–Crippen MR) is 94.7 cm³/mol. The molecule has 1 heterocycles. The summed E-state index contributed by atoms with van der Waals surface area (Å²) in [6.45, 7) is 0. The second-order valence-electron chi connectivity index (χ2n) is 4.89. The number of carbonyl (C=O) groups excluding carboxylic acids is 1. The van der Waals surface area contributed by atoms with E-state index in [1.807, 2.05) is 48.5 Å². The standard InChI is InChI=1S/C18H12BrN3O/c19-15-6-2-4-8-17(15)22-18(23)12(10-20)9-13-11-21-16-7-3-1-5-14(13)16/h1-9,11,21H,(H,22,23)/b12-9+. The van der Waals surface area contributed by atoms with Gasteiger partial charge in [-0.3, -0.25) is 4.79 Å². The first-order valence-electron chi connectivity index (χ1n) is 6.93. The van der Waals surface area contributed by atoms with Crippen molar-refractivity contribution in [2.75, 3.05) is 5.32 Å². The summed E-state index contributed by atoms with van der Waals surface area (Å²) >= 11 is 3.37. The lowest BCUT2D eigenvalue weighted by Crippen LogP contribution is -2.13. The molecule has 3 rings (SSSR count). The fraction of sp³-hybridized carbons (Fsp3) is 0. The van der Waals surface area contributed by atoms with Crippen molar-refractivity contribution in [1.82, 2.24) is 4.98 Å². The number of aromatic amines is 1. The zero-order valence-electron chi connectivity index (χ0n) is 12.0. The lowest BCUT2D eigenvalue weighted by molar-refractivity contribution is -0.112. The van der Waals surface area contributed by atoms with Gasteiger partial charge in [0.15, 0.2) is 0 Å². The number of halogens is 1. The number of nitrogens with zero attached hydrogens (tertiary/aromatic N) is 1. The number of hydrogen-bond acceptors (Lipinski definition) is 2. The fourth-order valence-corrected chi connectivity index (χ4v) is 2.65. The van der Waals surface area contributed by atoms with E-state index in [1.54, 1.807) is 18.3 Å². The molecule has 0 atom stereocenters. The Bertz CT molecular complexity index is 950. The molecule has 0 spiro atoms. The van der Waals surface area contributed by atoms with Crippen LogP contribution in [0.25, 0.3) is 17.0 Å².